The SMILES string of the molecule is CC(=O)NC(CC(=O)N1CCC(N2CCNCC2)C1)c1c(F)cccc1F. The molecule has 1 aromatic carbocycles. The predicted octanol–water partition coefficient (Wildman–Crippen LogP) is 1.04. The van der Waals surface area contributed by atoms with Crippen LogP contribution in [0.3, 0.4) is 0 Å². The molecular weight excluding hydrogens is 354 g/mol. The first-order valence-electron chi connectivity index (χ1n) is 9.39. The van der Waals surface area contributed by atoms with Gasteiger partial charge < -0.3 is 15.5 Å². The Bertz CT molecular complexity index is 674. The van der Waals surface area contributed by atoms with Crippen LogP contribution in [0.1, 0.15) is 31.4 Å². The molecule has 1 aromatic rings. The average molecular weight is 380 g/mol. The molecule has 27 heavy (non-hydrogen) atoms. The van der Waals surface area contributed by atoms with Gasteiger partial charge in [-0.1, -0.05) is 6.07 Å². The molecule has 2 unspecified atom stereocenters. The third-order valence-electron chi connectivity index (χ3n) is 5.29. The Hall–Kier alpha value is -2.06. The molecule has 0 spiro atoms. The van der Waals surface area contributed by atoms with E-state index >= 15 is 0 Å². The highest BCUT2D eigenvalue weighted by Crippen LogP contribution is 2.26. The van der Waals surface area contributed by atoms with Gasteiger partial charge in [0.2, 0.25) is 11.8 Å². The minimum absolute atomic E-state index is 0.161. The minimum Gasteiger partial charge on any atom is -0.349 e. The highest BCUT2D eigenvalue weighted by molar-refractivity contribution is 5.79. The van der Waals surface area contributed by atoms with Crippen molar-refractivity contribution in [3.8, 4) is 0 Å². The number of halogens is 2. The zero-order valence-electron chi connectivity index (χ0n) is 15.5. The number of rotatable bonds is 5. The number of carbonyl (C=O) groups excluding carboxylic acids is 2. The summed E-state index contributed by atoms with van der Waals surface area (Å²) >= 11 is 0. The van der Waals surface area contributed by atoms with Crippen molar-refractivity contribution in [3.63, 3.8) is 0 Å². The normalized spacial score (nSPS) is 21.9. The zero-order chi connectivity index (χ0) is 19.4. The summed E-state index contributed by atoms with van der Waals surface area (Å²) in [6.07, 6.45) is 0.732. The van der Waals surface area contributed by atoms with E-state index in [9.17, 15) is 18.4 Å². The van der Waals surface area contributed by atoms with Crippen molar-refractivity contribution >= 4 is 11.8 Å². The van der Waals surface area contributed by atoms with E-state index in [4.69, 9.17) is 0 Å². The number of amides is 2. The quantitative estimate of drug-likeness (QED) is 0.801. The Balaban J connectivity index is 1.67. The standard InChI is InChI=1S/C19H26F2N4O2/c1-13(26)23-17(19-15(20)3-2-4-16(19)21)11-18(27)25-8-5-14(12-25)24-9-6-22-7-10-24/h2-4,14,17,22H,5-12H2,1H3,(H,23,26). The van der Waals surface area contributed by atoms with Gasteiger partial charge >= 0.3 is 0 Å². The van der Waals surface area contributed by atoms with Crippen molar-refractivity contribution in [2.75, 3.05) is 39.3 Å². The molecule has 2 fully saturated rings. The van der Waals surface area contributed by atoms with E-state index in [1.165, 1.54) is 13.0 Å². The van der Waals surface area contributed by atoms with E-state index in [0.717, 1.165) is 44.7 Å². The van der Waals surface area contributed by atoms with E-state index in [1.54, 1.807) is 4.90 Å². The van der Waals surface area contributed by atoms with Gasteiger partial charge in [-0.05, 0) is 18.6 Å². The number of benzene rings is 1. The number of piperazine rings is 1. The number of nitrogens with one attached hydrogen (secondary N) is 2. The molecule has 0 bridgehead atoms. The number of likely N-dealkylation sites (tertiary alicyclic amines) is 1. The lowest BCUT2D eigenvalue weighted by Crippen LogP contribution is -2.49. The van der Waals surface area contributed by atoms with Crippen LogP contribution in [-0.2, 0) is 9.59 Å². The summed E-state index contributed by atoms with van der Waals surface area (Å²) in [5, 5.41) is 5.83. The number of hydrogen-bond donors (Lipinski definition) is 2. The molecule has 0 radical (unpaired) electrons. The topological polar surface area (TPSA) is 64.7 Å². The molecule has 0 aliphatic carbocycles. The molecule has 0 aromatic heterocycles. The Labute approximate surface area is 157 Å². The Morgan fingerprint density at radius 1 is 1.22 bits per heavy atom. The van der Waals surface area contributed by atoms with Crippen LogP contribution < -0.4 is 10.6 Å². The maximum atomic E-state index is 14.2. The molecule has 2 aliphatic rings. The van der Waals surface area contributed by atoms with Gasteiger partial charge in [-0.2, -0.15) is 0 Å². The summed E-state index contributed by atoms with van der Waals surface area (Å²) in [6.45, 7) is 6.32. The smallest absolute Gasteiger partial charge is 0.225 e. The fourth-order valence-corrected chi connectivity index (χ4v) is 3.93. The molecule has 2 N–H and O–H groups in total. The van der Waals surface area contributed by atoms with Crippen LogP contribution in [-0.4, -0.2) is 66.9 Å². The van der Waals surface area contributed by atoms with E-state index in [1.807, 2.05) is 0 Å². The molecule has 8 heteroatoms. The first kappa shape index (κ1) is 19.7. The van der Waals surface area contributed by atoms with Crippen molar-refractivity contribution in [2.45, 2.75) is 31.8 Å². The Kier molecular flexibility index (Phi) is 6.38. The molecule has 2 saturated heterocycles. The highest BCUT2D eigenvalue weighted by atomic mass is 19.1. The summed E-state index contributed by atoms with van der Waals surface area (Å²) in [4.78, 5) is 28.4. The second-order valence-electron chi connectivity index (χ2n) is 7.16. The van der Waals surface area contributed by atoms with Gasteiger partial charge in [-0.15, -0.1) is 0 Å². The van der Waals surface area contributed by atoms with Crippen molar-refractivity contribution in [1.82, 2.24) is 20.4 Å². The molecule has 2 atom stereocenters. The molecule has 2 heterocycles. The fraction of sp³-hybridized carbons (Fsp3) is 0.579. The van der Waals surface area contributed by atoms with Crippen LogP contribution >= 0.6 is 0 Å². The molecular formula is C19H26F2N4O2. The van der Waals surface area contributed by atoms with E-state index < -0.39 is 23.6 Å². The van der Waals surface area contributed by atoms with Crippen LogP contribution in [0.2, 0.25) is 0 Å². The van der Waals surface area contributed by atoms with Crippen LogP contribution in [0.5, 0.6) is 0 Å². The zero-order valence-corrected chi connectivity index (χ0v) is 15.5. The number of hydrogen-bond acceptors (Lipinski definition) is 4. The van der Waals surface area contributed by atoms with Crippen molar-refractivity contribution in [2.24, 2.45) is 0 Å². The third-order valence-corrected chi connectivity index (χ3v) is 5.29. The van der Waals surface area contributed by atoms with Gasteiger partial charge in [0.1, 0.15) is 11.6 Å². The minimum atomic E-state index is -1.02. The van der Waals surface area contributed by atoms with Gasteiger partial charge in [-0.3, -0.25) is 14.5 Å². The molecule has 0 saturated carbocycles. The summed E-state index contributed by atoms with van der Waals surface area (Å²) in [6, 6.07) is 2.83. The van der Waals surface area contributed by atoms with Crippen LogP contribution in [0.4, 0.5) is 8.78 Å². The monoisotopic (exact) mass is 380 g/mol. The van der Waals surface area contributed by atoms with Crippen molar-refractivity contribution in [1.29, 1.82) is 0 Å². The molecule has 2 amide bonds. The highest BCUT2D eigenvalue weighted by Gasteiger charge is 2.33. The van der Waals surface area contributed by atoms with E-state index in [2.05, 4.69) is 15.5 Å². The summed E-state index contributed by atoms with van der Waals surface area (Å²) in [5.41, 5.74) is -0.265. The fourth-order valence-electron chi connectivity index (χ4n) is 3.93. The lowest BCUT2D eigenvalue weighted by atomic mass is 10.0. The molecule has 148 valence electrons. The predicted molar refractivity (Wildman–Crippen MR) is 97.0 cm³/mol. The summed E-state index contributed by atoms with van der Waals surface area (Å²) in [5.74, 6) is -2.16. The first-order chi connectivity index (χ1) is 13.0. The largest absolute Gasteiger partial charge is 0.349 e. The second-order valence-corrected chi connectivity index (χ2v) is 7.16. The molecule has 2 aliphatic heterocycles. The van der Waals surface area contributed by atoms with Crippen LogP contribution in [0, 0.1) is 11.6 Å². The van der Waals surface area contributed by atoms with Gasteiger partial charge in [-0.25, -0.2) is 8.78 Å². The maximum Gasteiger partial charge on any atom is 0.225 e. The molecule has 3 rings (SSSR count). The van der Waals surface area contributed by atoms with Gasteiger partial charge in [0.15, 0.2) is 0 Å². The van der Waals surface area contributed by atoms with Crippen molar-refractivity contribution in [3.05, 3.63) is 35.4 Å². The van der Waals surface area contributed by atoms with E-state index in [0.29, 0.717) is 19.1 Å². The number of nitrogens with zero attached hydrogens (tertiary/aromatic N) is 2. The molecule has 6 nitrogen and oxygen atoms in total. The lowest BCUT2D eigenvalue weighted by Gasteiger charge is -2.32. The van der Waals surface area contributed by atoms with Crippen LogP contribution in [0.15, 0.2) is 18.2 Å². The van der Waals surface area contributed by atoms with Gasteiger partial charge in [0.05, 0.1) is 12.5 Å². The van der Waals surface area contributed by atoms with Gasteiger partial charge in [0, 0.05) is 57.8 Å². The van der Waals surface area contributed by atoms with Crippen molar-refractivity contribution < 1.29 is 18.4 Å². The summed E-state index contributed by atoms with van der Waals surface area (Å²) in [7, 11) is 0. The number of carbonyl (C=O) groups is 2. The Morgan fingerprint density at radius 3 is 2.52 bits per heavy atom. The van der Waals surface area contributed by atoms with Gasteiger partial charge in [0.25, 0.3) is 0 Å². The first-order valence-corrected chi connectivity index (χ1v) is 9.39. The van der Waals surface area contributed by atoms with E-state index in [-0.39, 0.29) is 17.9 Å². The second kappa shape index (κ2) is 8.75. The average Bonchev–Trinajstić information content (AvgIpc) is 3.12. The maximum absolute atomic E-state index is 14.2. The Morgan fingerprint density at radius 2 is 1.89 bits per heavy atom. The third kappa shape index (κ3) is 4.81. The summed E-state index contributed by atoms with van der Waals surface area (Å²) < 4.78 is 28.3. The van der Waals surface area contributed by atoms with Crippen LogP contribution in [0.25, 0.3) is 0 Å². The lowest BCUT2D eigenvalue weighted by molar-refractivity contribution is -0.131.